The van der Waals surface area contributed by atoms with E-state index in [4.69, 9.17) is 13.9 Å². The van der Waals surface area contributed by atoms with Gasteiger partial charge in [-0.15, -0.1) is 0 Å². The Morgan fingerprint density at radius 1 is 1.00 bits per heavy atom. The maximum Gasteiger partial charge on any atom is 0.373 e. The largest absolute Gasteiger partial charge is 0.493 e. The lowest BCUT2D eigenvalue weighted by Crippen LogP contribution is -2.32. The summed E-state index contributed by atoms with van der Waals surface area (Å²) in [5.41, 5.74) is 3.23. The molecular formula is C23H20BrN3O7. The van der Waals surface area contributed by atoms with Gasteiger partial charge in [-0.3, -0.25) is 9.59 Å². The summed E-state index contributed by atoms with van der Waals surface area (Å²) in [6.45, 7) is 0.0598. The number of furan rings is 1. The number of ether oxygens (including phenoxy) is 3. The molecule has 0 fully saturated rings. The van der Waals surface area contributed by atoms with Crippen LogP contribution in [0.4, 0.5) is 5.69 Å². The van der Waals surface area contributed by atoms with Gasteiger partial charge < -0.3 is 23.9 Å². The molecule has 3 aromatic rings. The number of nitrogens with one attached hydrogen (secondary N) is 2. The van der Waals surface area contributed by atoms with E-state index in [1.165, 1.54) is 26.5 Å². The number of amides is 2. The summed E-state index contributed by atoms with van der Waals surface area (Å²) in [6, 6.07) is 14.8. The second-order valence-electron chi connectivity index (χ2n) is 6.62. The van der Waals surface area contributed by atoms with Crippen molar-refractivity contribution in [2.75, 3.05) is 19.5 Å². The third kappa shape index (κ3) is 6.69. The van der Waals surface area contributed by atoms with Crippen LogP contribution in [-0.4, -0.2) is 38.2 Å². The van der Waals surface area contributed by atoms with Crippen LogP contribution in [-0.2, 0) is 20.9 Å². The van der Waals surface area contributed by atoms with Gasteiger partial charge in [-0.1, -0.05) is 15.9 Å². The molecule has 2 N–H and O–H groups in total. The first-order valence-electron chi connectivity index (χ1n) is 9.77. The molecule has 0 bridgehead atoms. The first-order chi connectivity index (χ1) is 16.4. The minimum absolute atomic E-state index is 0.0598. The minimum Gasteiger partial charge on any atom is -0.493 e. The van der Waals surface area contributed by atoms with Crippen LogP contribution >= 0.6 is 15.9 Å². The Balaban J connectivity index is 1.55. The average molecular weight is 530 g/mol. The molecule has 176 valence electrons. The number of carbonyl (C=O) groups excluding carboxylic acids is 3. The molecule has 0 unspecified atom stereocenters. The monoisotopic (exact) mass is 529 g/mol. The zero-order chi connectivity index (χ0) is 24.5. The first-order valence-corrected chi connectivity index (χ1v) is 10.6. The van der Waals surface area contributed by atoms with E-state index in [0.29, 0.717) is 28.5 Å². The van der Waals surface area contributed by atoms with Gasteiger partial charge in [-0.05, 0) is 60.2 Å². The molecule has 0 saturated heterocycles. The molecule has 0 atom stereocenters. The quantitative estimate of drug-likeness (QED) is 0.197. The number of benzene rings is 2. The van der Waals surface area contributed by atoms with Crippen molar-refractivity contribution >= 4 is 45.6 Å². The lowest BCUT2D eigenvalue weighted by Gasteiger charge is -2.10. The number of hydrogen-bond acceptors (Lipinski definition) is 8. The highest BCUT2D eigenvalue weighted by atomic mass is 79.9. The molecule has 2 amide bonds. The fourth-order valence-corrected chi connectivity index (χ4v) is 2.90. The highest BCUT2D eigenvalue weighted by Crippen LogP contribution is 2.28. The van der Waals surface area contributed by atoms with Crippen LogP contribution < -0.4 is 20.2 Å². The van der Waals surface area contributed by atoms with E-state index < -0.39 is 17.8 Å². The fraction of sp³-hybridized carbons (Fsp3) is 0.130. The maximum absolute atomic E-state index is 12.0. The number of halogens is 1. The van der Waals surface area contributed by atoms with Gasteiger partial charge in [0, 0.05) is 10.2 Å². The summed E-state index contributed by atoms with van der Waals surface area (Å²) in [5, 5.41) is 6.26. The van der Waals surface area contributed by atoms with E-state index in [1.807, 2.05) is 0 Å². The van der Waals surface area contributed by atoms with Gasteiger partial charge in [0.2, 0.25) is 5.76 Å². The van der Waals surface area contributed by atoms with E-state index in [9.17, 15) is 14.4 Å². The minimum atomic E-state index is -0.921. The van der Waals surface area contributed by atoms with E-state index in [2.05, 4.69) is 36.5 Å². The van der Waals surface area contributed by atoms with Crippen molar-refractivity contribution in [3.63, 3.8) is 0 Å². The van der Waals surface area contributed by atoms with Crippen LogP contribution in [0.15, 0.2) is 68.6 Å². The predicted molar refractivity (Wildman–Crippen MR) is 126 cm³/mol. The Morgan fingerprint density at radius 2 is 1.76 bits per heavy atom. The lowest BCUT2D eigenvalue weighted by molar-refractivity contribution is -0.136. The molecule has 0 aliphatic heterocycles. The summed E-state index contributed by atoms with van der Waals surface area (Å²) >= 11 is 3.29. The second-order valence-corrected chi connectivity index (χ2v) is 7.53. The number of rotatable bonds is 8. The molecule has 0 radical (unpaired) electrons. The highest BCUT2D eigenvalue weighted by molar-refractivity contribution is 9.10. The van der Waals surface area contributed by atoms with E-state index in [1.54, 1.807) is 48.5 Å². The van der Waals surface area contributed by atoms with Crippen molar-refractivity contribution in [2.45, 2.75) is 6.61 Å². The number of hydrazone groups is 1. The van der Waals surface area contributed by atoms with Crippen LogP contribution in [0.25, 0.3) is 0 Å². The molecule has 0 saturated carbocycles. The van der Waals surface area contributed by atoms with Crippen molar-refractivity contribution < 1.29 is 33.0 Å². The van der Waals surface area contributed by atoms with Crippen LogP contribution in [0.5, 0.6) is 11.5 Å². The highest BCUT2D eigenvalue weighted by Gasteiger charge is 2.14. The predicted octanol–water partition coefficient (Wildman–Crippen LogP) is 3.51. The Bertz CT molecular complexity index is 1210. The summed E-state index contributed by atoms with van der Waals surface area (Å²) in [5.74, 6) is -1.02. The maximum atomic E-state index is 12.0. The van der Waals surface area contributed by atoms with Gasteiger partial charge in [0.25, 0.3) is 0 Å². The van der Waals surface area contributed by atoms with Crippen molar-refractivity contribution in [1.29, 1.82) is 0 Å². The normalized spacial score (nSPS) is 10.6. The smallest absolute Gasteiger partial charge is 0.373 e. The van der Waals surface area contributed by atoms with Crippen molar-refractivity contribution in [3.05, 3.63) is 76.2 Å². The summed E-state index contributed by atoms with van der Waals surface area (Å²) in [7, 11) is 2.74. The molecular weight excluding hydrogens is 510 g/mol. The van der Waals surface area contributed by atoms with E-state index in [0.717, 1.165) is 4.47 Å². The van der Waals surface area contributed by atoms with Gasteiger partial charge in [0.1, 0.15) is 12.4 Å². The standard InChI is InChI=1S/C23H20BrN3O7/c1-31-20-11-14(3-9-18(20)33-13-17-8-10-19(34-17)23(30)32-2)12-25-27-22(29)21(28)26-16-6-4-15(24)5-7-16/h3-12H,13H2,1-2H3,(H,26,28)(H,27,29)/b25-12+. The van der Waals surface area contributed by atoms with Crippen LogP contribution in [0.3, 0.4) is 0 Å². The molecule has 0 aliphatic carbocycles. The number of hydrogen-bond donors (Lipinski definition) is 2. The topological polar surface area (TPSA) is 128 Å². The third-order valence-corrected chi connectivity index (χ3v) is 4.82. The fourth-order valence-electron chi connectivity index (χ4n) is 2.64. The van der Waals surface area contributed by atoms with Gasteiger partial charge in [0.05, 0.1) is 20.4 Å². The Morgan fingerprint density at radius 3 is 2.47 bits per heavy atom. The first kappa shape index (κ1) is 24.5. The number of nitrogens with zero attached hydrogens (tertiary/aromatic N) is 1. The molecule has 10 nitrogen and oxygen atoms in total. The molecule has 1 heterocycles. The van der Waals surface area contributed by atoms with Crippen LogP contribution in [0, 0.1) is 0 Å². The van der Waals surface area contributed by atoms with E-state index >= 15 is 0 Å². The van der Waals surface area contributed by atoms with Gasteiger partial charge in [-0.2, -0.15) is 5.10 Å². The van der Waals surface area contributed by atoms with Crippen molar-refractivity contribution in [2.24, 2.45) is 5.10 Å². The molecule has 2 aromatic carbocycles. The van der Waals surface area contributed by atoms with E-state index in [-0.39, 0.29) is 12.4 Å². The molecule has 1 aromatic heterocycles. The zero-order valence-electron chi connectivity index (χ0n) is 18.2. The Hall–Kier alpha value is -4.12. The second kappa shape index (κ2) is 11.7. The molecule has 3 rings (SSSR count). The molecule has 11 heteroatoms. The summed E-state index contributed by atoms with van der Waals surface area (Å²) < 4.78 is 21.8. The molecule has 0 spiro atoms. The van der Waals surface area contributed by atoms with Gasteiger partial charge in [-0.25, -0.2) is 10.2 Å². The number of anilines is 1. The number of esters is 1. The third-order valence-electron chi connectivity index (χ3n) is 4.29. The Labute approximate surface area is 203 Å². The molecule has 0 aliphatic rings. The lowest BCUT2D eigenvalue weighted by atomic mass is 10.2. The number of methoxy groups -OCH3 is 2. The SMILES string of the molecule is COC(=O)c1ccc(COc2ccc(/C=N/NC(=O)C(=O)Nc3ccc(Br)cc3)cc2OC)o1. The Kier molecular flexibility index (Phi) is 8.41. The van der Waals surface area contributed by atoms with Crippen LogP contribution in [0.2, 0.25) is 0 Å². The average Bonchev–Trinajstić information content (AvgIpc) is 3.33. The number of carbonyl (C=O) groups is 3. The summed E-state index contributed by atoms with van der Waals surface area (Å²) in [6.07, 6.45) is 1.35. The van der Waals surface area contributed by atoms with Crippen molar-refractivity contribution in [3.8, 4) is 11.5 Å². The van der Waals surface area contributed by atoms with Gasteiger partial charge in [0.15, 0.2) is 11.5 Å². The van der Waals surface area contributed by atoms with Crippen LogP contribution in [0.1, 0.15) is 21.9 Å². The van der Waals surface area contributed by atoms with Crippen molar-refractivity contribution in [1.82, 2.24) is 5.43 Å². The summed E-state index contributed by atoms with van der Waals surface area (Å²) in [4.78, 5) is 35.3. The van der Waals surface area contributed by atoms with Gasteiger partial charge >= 0.3 is 17.8 Å². The zero-order valence-corrected chi connectivity index (χ0v) is 19.7. The molecule has 34 heavy (non-hydrogen) atoms.